The van der Waals surface area contributed by atoms with Crippen molar-refractivity contribution in [3.8, 4) is 0 Å². The van der Waals surface area contributed by atoms with Gasteiger partial charge < -0.3 is 5.32 Å². The largest absolute Gasteiger partial charge is 0.322 e. The van der Waals surface area contributed by atoms with E-state index >= 15 is 0 Å². The lowest BCUT2D eigenvalue weighted by atomic mass is 10.2. The summed E-state index contributed by atoms with van der Waals surface area (Å²) in [6.45, 7) is 3.60. The maximum absolute atomic E-state index is 12.9. The van der Waals surface area contributed by atoms with Crippen LogP contribution < -0.4 is 14.8 Å². The number of hydrogen-bond acceptors (Lipinski definition) is 5. The van der Waals surface area contributed by atoms with E-state index in [1.54, 1.807) is 31.2 Å². The molecule has 0 fully saturated rings. The molecule has 39 heavy (non-hydrogen) atoms. The van der Waals surface area contributed by atoms with Crippen molar-refractivity contribution in [3.05, 3.63) is 112 Å². The number of halogens is 2. The first-order valence-electron chi connectivity index (χ1n) is 11.4. The predicted molar refractivity (Wildman–Crippen MR) is 155 cm³/mol. The van der Waals surface area contributed by atoms with Gasteiger partial charge in [0.15, 0.2) is 0 Å². The van der Waals surface area contributed by atoms with Crippen molar-refractivity contribution in [2.24, 2.45) is 0 Å². The fourth-order valence-electron chi connectivity index (χ4n) is 3.52. The van der Waals surface area contributed by atoms with E-state index < -0.39 is 26.0 Å². The van der Waals surface area contributed by atoms with Gasteiger partial charge in [-0.05, 0) is 86.1 Å². The Bertz CT molecular complexity index is 1760. The molecule has 12 heteroatoms. The highest BCUT2D eigenvalue weighted by Gasteiger charge is 2.19. The Hall–Kier alpha value is -3.57. The Morgan fingerprint density at radius 2 is 1.23 bits per heavy atom. The minimum Gasteiger partial charge on any atom is -0.322 e. The zero-order valence-corrected chi connectivity index (χ0v) is 23.8. The SMILES string of the molecule is Cc1ccc(S(=O)(=O)Nc2ccc(Cl)c(C(=O)Nc3ccc(S(=O)(=O)Nc4cc(Cl)ccc4C)cc3)c2)cc1. The second-order valence-electron chi connectivity index (χ2n) is 8.66. The molecule has 0 saturated carbocycles. The van der Waals surface area contributed by atoms with E-state index in [1.807, 2.05) is 6.92 Å². The van der Waals surface area contributed by atoms with Crippen LogP contribution in [0.15, 0.2) is 94.7 Å². The number of hydrogen-bond donors (Lipinski definition) is 3. The zero-order chi connectivity index (χ0) is 28.4. The first-order chi connectivity index (χ1) is 18.3. The molecule has 0 bridgehead atoms. The second kappa shape index (κ2) is 11.3. The molecule has 1 amide bonds. The highest BCUT2D eigenvalue weighted by atomic mass is 35.5. The van der Waals surface area contributed by atoms with Crippen molar-refractivity contribution in [1.29, 1.82) is 0 Å². The van der Waals surface area contributed by atoms with Crippen LogP contribution >= 0.6 is 23.2 Å². The summed E-state index contributed by atoms with van der Waals surface area (Å²) in [4.78, 5) is 13.0. The quantitative estimate of drug-likeness (QED) is 0.213. The number of amides is 1. The molecule has 8 nitrogen and oxygen atoms in total. The van der Waals surface area contributed by atoms with Crippen molar-refractivity contribution >= 4 is 66.2 Å². The van der Waals surface area contributed by atoms with Crippen molar-refractivity contribution in [3.63, 3.8) is 0 Å². The first kappa shape index (κ1) is 28.4. The Balaban J connectivity index is 1.49. The van der Waals surface area contributed by atoms with Crippen LogP contribution in [0.5, 0.6) is 0 Å². The number of rotatable bonds is 8. The number of carbonyl (C=O) groups excluding carboxylic acids is 1. The lowest BCUT2D eigenvalue weighted by Crippen LogP contribution is -2.16. The Morgan fingerprint density at radius 1 is 0.667 bits per heavy atom. The summed E-state index contributed by atoms with van der Waals surface area (Å²) in [5.41, 5.74) is 2.45. The van der Waals surface area contributed by atoms with Gasteiger partial charge in [-0.2, -0.15) is 0 Å². The third-order valence-corrected chi connectivity index (χ3v) is 9.00. The second-order valence-corrected chi connectivity index (χ2v) is 12.9. The third kappa shape index (κ3) is 6.90. The van der Waals surface area contributed by atoms with Gasteiger partial charge in [0.05, 0.1) is 26.1 Å². The van der Waals surface area contributed by atoms with Gasteiger partial charge in [0.25, 0.3) is 26.0 Å². The van der Waals surface area contributed by atoms with Crippen molar-refractivity contribution in [1.82, 2.24) is 0 Å². The molecule has 3 N–H and O–H groups in total. The monoisotopic (exact) mass is 603 g/mol. The fourth-order valence-corrected chi connectivity index (χ4v) is 6.06. The predicted octanol–water partition coefficient (Wildman–Crippen LogP) is 6.46. The van der Waals surface area contributed by atoms with Crippen molar-refractivity contribution in [2.45, 2.75) is 23.6 Å². The van der Waals surface area contributed by atoms with Gasteiger partial charge in [0, 0.05) is 16.4 Å². The molecule has 0 aliphatic carbocycles. The number of aryl methyl sites for hydroxylation is 2. The first-order valence-corrected chi connectivity index (χ1v) is 15.2. The fraction of sp³-hybridized carbons (Fsp3) is 0.0741. The molecule has 0 unspecified atom stereocenters. The minimum absolute atomic E-state index is 0.0228. The number of nitrogens with one attached hydrogen (secondary N) is 3. The van der Waals surface area contributed by atoms with Crippen LogP contribution in [0.2, 0.25) is 10.0 Å². The van der Waals surface area contributed by atoms with Crippen LogP contribution in [0.25, 0.3) is 0 Å². The molecular formula is C27H23Cl2N3O5S2. The molecule has 0 aliphatic rings. The minimum atomic E-state index is -3.91. The normalized spacial score (nSPS) is 11.6. The third-order valence-electron chi connectivity index (χ3n) is 5.66. The highest BCUT2D eigenvalue weighted by Crippen LogP contribution is 2.26. The Morgan fingerprint density at radius 3 is 1.87 bits per heavy atom. The molecule has 0 heterocycles. The molecule has 4 aromatic rings. The number of carbonyl (C=O) groups is 1. The molecule has 0 aromatic heterocycles. The van der Waals surface area contributed by atoms with Gasteiger partial charge in [0.1, 0.15) is 0 Å². The summed E-state index contributed by atoms with van der Waals surface area (Å²) in [5, 5.41) is 3.13. The van der Waals surface area contributed by atoms with Gasteiger partial charge in [-0.3, -0.25) is 14.2 Å². The molecule has 0 aliphatic heterocycles. The van der Waals surface area contributed by atoms with Crippen LogP contribution in [0, 0.1) is 13.8 Å². The molecule has 4 aromatic carbocycles. The molecule has 4 rings (SSSR count). The zero-order valence-electron chi connectivity index (χ0n) is 20.7. The average Bonchev–Trinajstić information content (AvgIpc) is 2.87. The number of benzene rings is 4. The van der Waals surface area contributed by atoms with E-state index in [-0.39, 0.29) is 26.1 Å². The van der Waals surface area contributed by atoms with Gasteiger partial charge in [-0.25, -0.2) is 16.8 Å². The summed E-state index contributed by atoms with van der Waals surface area (Å²) in [6.07, 6.45) is 0. The van der Waals surface area contributed by atoms with Crippen LogP contribution in [0.4, 0.5) is 17.1 Å². The summed E-state index contributed by atoms with van der Waals surface area (Å²) in [7, 11) is -7.80. The molecule has 0 atom stereocenters. The van der Waals surface area contributed by atoms with E-state index in [4.69, 9.17) is 23.2 Å². The van der Waals surface area contributed by atoms with Gasteiger partial charge >= 0.3 is 0 Å². The standard InChI is InChI=1S/C27H23Cl2N3O5S2/c1-17-3-10-22(11-4-17)38(34,35)31-21-9-14-25(29)24(16-21)27(33)30-20-7-12-23(13-8-20)39(36,37)32-26-15-19(28)6-5-18(26)2/h3-16,31-32H,1-2H3,(H,30,33). The van der Waals surface area contributed by atoms with Crippen LogP contribution in [-0.2, 0) is 20.0 Å². The lowest BCUT2D eigenvalue weighted by molar-refractivity contribution is 0.102. The van der Waals surface area contributed by atoms with Gasteiger partial charge in [0.2, 0.25) is 0 Å². The maximum Gasteiger partial charge on any atom is 0.261 e. The lowest BCUT2D eigenvalue weighted by Gasteiger charge is -2.13. The number of anilines is 3. The summed E-state index contributed by atoms with van der Waals surface area (Å²) >= 11 is 12.2. The molecule has 202 valence electrons. The Kier molecular flexibility index (Phi) is 8.22. The average molecular weight is 605 g/mol. The van der Waals surface area contributed by atoms with Crippen molar-refractivity contribution < 1.29 is 21.6 Å². The summed E-state index contributed by atoms with van der Waals surface area (Å²) in [5.74, 6) is -0.611. The summed E-state index contributed by atoms with van der Waals surface area (Å²) in [6, 6.07) is 20.9. The topological polar surface area (TPSA) is 121 Å². The smallest absolute Gasteiger partial charge is 0.261 e. The maximum atomic E-state index is 12.9. The van der Waals surface area contributed by atoms with E-state index in [9.17, 15) is 21.6 Å². The highest BCUT2D eigenvalue weighted by molar-refractivity contribution is 7.93. The van der Waals surface area contributed by atoms with E-state index in [1.165, 1.54) is 60.7 Å². The summed E-state index contributed by atoms with van der Waals surface area (Å²) < 4.78 is 56.0. The molecule has 0 saturated heterocycles. The van der Waals surface area contributed by atoms with Crippen molar-refractivity contribution in [2.75, 3.05) is 14.8 Å². The van der Waals surface area contributed by atoms with Gasteiger partial charge in [-0.15, -0.1) is 0 Å². The Labute approximate surface area is 237 Å². The van der Waals surface area contributed by atoms with Crippen LogP contribution in [0.1, 0.15) is 21.5 Å². The van der Waals surface area contributed by atoms with Crippen LogP contribution in [-0.4, -0.2) is 22.7 Å². The molecule has 0 spiro atoms. The number of sulfonamides is 2. The van der Waals surface area contributed by atoms with E-state index in [0.717, 1.165) is 5.56 Å². The molecule has 0 radical (unpaired) electrons. The molecular weight excluding hydrogens is 581 g/mol. The van der Waals surface area contributed by atoms with Crippen LogP contribution in [0.3, 0.4) is 0 Å². The van der Waals surface area contributed by atoms with E-state index in [0.29, 0.717) is 22.0 Å². The van der Waals surface area contributed by atoms with E-state index in [2.05, 4.69) is 14.8 Å². The van der Waals surface area contributed by atoms with Gasteiger partial charge in [-0.1, -0.05) is 47.0 Å².